The largest absolute Gasteiger partial charge is 0.480 e. The number of hydrazine groups is 1. The third-order valence-corrected chi connectivity index (χ3v) is 3.55. The van der Waals surface area contributed by atoms with Gasteiger partial charge in [0.05, 0.1) is 26.5 Å². The van der Waals surface area contributed by atoms with Crippen LogP contribution in [-0.4, -0.2) is 24.2 Å². The highest BCUT2D eigenvalue weighted by molar-refractivity contribution is 5.26. The van der Waals surface area contributed by atoms with Crippen LogP contribution in [0.15, 0.2) is 6.20 Å². The van der Waals surface area contributed by atoms with Crippen LogP contribution in [-0.2, 0) is 0 Å². The maximum absolute atomic E-state index is 5.74. The maximum atomic E-state index is 5.74. The number of unbranched alkanes of at least 4 members (excludes halogenated alkanes) is 1. The molecule has 0 saturated heterocycles. The van der Waals surface area contributed by atoms with Crippen molar-refractivity contribution < 1.29 is 9.47 Å². The van der Waals surface area contributed by atoms with Gasteiger partial charge in [0, 0.05) is 0 Å². The molecule has 0 aliphatic carbocycles. The monoisotopic (exact) mass is 282 g/mol. The number of hydrogen-bond acceptors (Lipinski definition) is 6. The van der Waals surface area contributed by atoms with Crippen molar-refractivity contribution in [1.29, 1.82) is 0 Å². The Hall–Kier alpha value is -1.40. The van der Waals surface area contributed by atoms with E-state index in [1.807, 2.05) is 0 Å². The fourth-order valence-electron chi connectivity index (χ4n) is 2.34. The van der Waals surface area contributed by atoms with Crippen LogP contribution < -0.4 is 20.7 Å². The van der Waals surface area contributed by atoms with Gasteiger partial charge in [-0.3, -0.25) is 11.3 Å². The molecule has 0 amide bonds. The Kier molecular flexibility index (Phi) is 7.25. The number of rotatable bonds is 9. The summed E-state index contributed by atoms with van der Waals surface area (Å²) >= 11 is 0. The van der Waals surface area contributed by atoms with Gasteiger partial charge < -0.3 is 9.47 Å². The summed E-state index contributed by atoms with van der Waals surface area (Å²) in [5.41, 5.74) is 3.60. The minimum atomic E-state index is -0.0695. The summed E-state index contributed by atoms with van der Waals surface area (Å²) in [6, 6.07) is -0.0695. The molecule has 0 aliphatic rings. The third kappa shape index (κ3) is 4.05. The fourth-order valence-corrected chi connectivity index (χ4v) is 2.34. The summed E-state index contributed by atoms with van der Waals surface area (Å²) in [5, 5.41) is 0. The summed E-state index contributed by atoms with van der Waals surface area (Å²) in [7, 11) is 3.13. The zero-order chi connectivity index (χ0) is 15.0. The quantitative estimate of drug-likeness (QED) is 0.534. The molecule has 1 rings (SSSR count). The van der Waals surface area contributed by atoms with Gasteiger partial charge in [-0.15, -0.1) is 0 Å². The summed E-state index contributed by atoms with van der Waals surface area (Å²) in [4.78, 5) is 8.69. The third-order valence-electron chi connectivity index (χ3n) is 3.55. The van der Waals surface area contributed by atoms with Crippen molar-refractivity contribution in [3.05, 3.63) is 11.9 Å². The SMILES string of the molecule is CCCCC(CC)C(NN)c1ncc(OC)nc1OC. The highest BCUT2D eigenvalue weighted by Crippen LogP contribution is 2.32. The van der Waals surface area contributed by atoms with E-state index in [1.54, 1.807) is 20.4 Å². The lowest BCUT2D eigenvalue weighted by Gasteiger charge is -2.26. The van der Waals surface area contributed by atoms with Gasteiger partial charge in [-0.05, 0) is 12.3 Å². The van der Waals surface area contributed by atoms with E-state index in [1.165, 1.54) is 12.8 Å². The smallest absolute Gasteiger partial charge is 0.240 e. The lowest BCUT2D eigenvalue weighted by molar-refractivity contribution is 0.298. The van der Waals surface area contributed by atoms with Gasteiger partial charge in [0.2, 0.25) is 11.8 Å². The zero-order valence-electron chi connectivity index (χ0n) is 12.8. The summed E-state index contributed by atoms with van der Waals surface area (Å²) in [6.45, 7) is 4.35. The second-order valence-corrected chi connectivity index (χ2v) is 4.76. The van der Waals surface area contributed by atoms with Crippen LogP contribution in [0.25, 0.3) is 0 Å². The van der Waals surface area contributed by atoms with E-state index in [0.717, 1.165) is 18.5 Å². The molecule has 3 N–H and O–H groups in total. The van der Waals surface area contributed by atoms with Gasteiger partial charge in [-0.25, -0.2) is 4.98 Å². The molecule has 0 spiro atoms. The molecule has 1 aromatic rings. The van der Waals surface area contributed by atoms with Gasteiger partial charge in [-0.1, -0.05) is 33.1 Å². The van der Waals surface area contributed by atoms with Crippen LogP contribution in [0, 0.1) is 5.92 Å². The molecule has 0 bridgehead atoms. The Morgan fingerprint density at radius 3 is 2.55 bits per heavy atom. The molecule has 6 nitrogen and oxygen atoms in total. The predicted molar refractivity (Wildman–Crippen MR) is 78.5 cm³/mol. The van der Waals surface area contributed by atoms with Crippen molar-refractivity contribution in [2.75, 3.05) is 14.2 Å². The number of nitrogens with zero attached hydrogens (tertiary/aromatic N) is 2. The van der Waals surface area contributed by atoms with E-state index in [0.29, 0.717) is 17.7 Å². The van der Waals surface area contributed by atoms with Gasteiger partial charge in [0.1, 0.15) is 5.69 Å². The topological polar surface area (TPSA) is 82.3 Å². The molecule has 0 aromatic carbocycles. The maximum Gasteiger partial charge on any atom is 0.240 e. The molecular weight excluding hydrogens is 256 g/mol. The first-order valence-electron chi connectivity index (χ1n) is 7.12. The molecule has 0 fully saturated rings. The van der Waals surface area contributed by atoms with Crippen LogP contribution in [0.5, 0.6) is 11.8 Å². The Labute approximate surface area is 121 Å². The van der Waals surface area contributed by atoms with E-state index in [-0.39, 0.29) is 6.04 Å². The predicted octanol–water partition coefficient (Wildman–Crippen LogP) is 2.21. The standard InChI is InChI=1S/C14H26N4O2/c1-5-7-8-10(6-2)12(18-15)13-14(20-4)17-11(19-3)9-16-13/h9-10,12,18H,5-8,15H2,1-4H3. The van der Waals surface area contributed by atoms with Crippen molar-refractivity contribution in [3.8, 4) is 11.8 Å². The molecule has 6 heteroatoms. The van der Waals surface area contributed by atoms with Crippen molar-refractivity contribution in [1.82, 2.24) is 15.4 Å². The van der Waals surface area contributed by atoms with Crippen molar-refractivity contribution in [3.63, 3.8) is 0 Å². The first-order chi connectivity index (χ1) is 9.71. The minimum Gasteiger partial charge on any atom is -0.480 e. The first kappa shape index (κ1) is 16.7. The lowest BCUT2D eigenvalue weighted by atomic mass is 9.89. The van der Waals surface area contributed by atoms with Gasteiger partial charge >= 0.3 is 0 Å². The number of hydrogen-bond donors (Lipinski definition) is 2. The van der Waals surface area contributed by atoms with Gasteiger partial charge in [0.25, 0.3) is 0 Å². The van der Waals surface area contributed by atoms with Gasteiger partial charge in [0.15, 0.2) is 0 Å². The molecule has 114 valence electrons. The summed E-state index contributed by atoms with van der Waals surface area (Å²) < 4.78 is 10.4. The summed E-state index contributed by atoms with van der Waals surface area (Å²) in [6.07, 6.45) is 6.04. The minimum absolute atomic E-state index is 0.0695. The Morgan fingerprint density at radius 2 is 2.05 bits per heavy atom. The van der Waals surface area contributed by atoms with E-state index in [4.69, 9.17) is 15.3 Å². The van der Waals surface area contributed by atoms with Crippen LogP contribution >= 0.6 is 0 Å². The Balaban J connectivity index is 3.03. The van der Waals surface area contributed by atoms with Crippen molar-refractivity contribution in [2.45, 2.75) is 45.6 Å². The van der Waals surface area contributed by atoms with Gasteiger partial charge in [-0.2, -0.15) is 4.98 Å². The molecule has 1 heterocycles. The number of ether oxygens (including phenoxy) is 2. The molecule has 2 atom stereocenters. The highest BCUT2D eigenvalue weighted by Gasteiger charge is 2.26. The Morgan fingerprint density at radius 1 is 1.30 bits per heavy atom. The second-order valence-electron chi connectivity index (χ2n) is 4.76. The van der Waals surface area contributed by atoms with Crippen molar-refractivity contribution >= 4 is 0 Å². The van der Waals surface area contributed by atoms with E-state index in [2.05, 4.69) is 29.2 Å². The van der Waals surface area contributed by atoms with E-state index in [9.17, 15) is 0 Å². The number of aromatic nitrogens is 2. The molecule has 1 aromatic heterocycles. The Bertz CT molecular complexity index is 401. The molecule has 0 saturated carbocycles. The fraction of sp³-hybridized carbons (Fsp3) is 0.714. The highest BCUT2D eigenvalue weighted by atomic mass is 16.5. The molecular formula is C14H26N4O2. The second kappa shape index (κ2) is 8.71. The number of methoxy groups -OCH3 is 2. The van der Waals surface area contributed by atoms with Crippen LogP contribution in [0.4, 0.5) is 0 Å². The molecule has 0 radical (unpaired) electrons. The average molecular weight is 282 g/mol. The lowest BCUT2D eigenvalue weighted by Crippen LogP contribution is -2.34. The summed E-state index contributed by atoms with van der Waals surface area (Å²) in [5.74, 6) is 7.04. The van der Waals surface area contributed by atoms with Crippen LogP contribution in [0.2, 0.25) is 0 Å². The van der Waals surface area contributed by atoms with Crippen LogP contribution in [0.1, 0.15) is 51.3 Å². The zero-order valence-corrected chi connectivity index (χ0v) is 12.8. The normalized spacial score (nSPS) is 13.8. The molecule has 0 aliphatic heterocycles. The first-order valence-corrected chi connectivity index (χ1v) is 7.12. The van der Waals surface area contributed by atoms with Crippen molar-refractivity contribution in [2.24, 2.45) is 11.8 Å². The number of nitrogens with one attached hydrogen (secondary N) is 1. The number of nitrogens with two attached hydrogens (primary N) is 1. The van der Waals surface area contributed by atoms with Crippen LogP contribution in [0.3, 0.4) is 0 Å². The van der Waals surface area contributed by atoms with E-state index >= 15 is 0 Å². The molecule has 20 heavy (non-hydrogen) atoms. The van der Waals surface area contributed by atoms with E-state index < -0.39 is 0 Å². The average Bonchev–Trinajstić information content (AvgIpc) is 2.51. The molecule has 2 unspecified atom stereocenters.